The molecule has 0 aliphatic rings. The average molecular weight is 566 g/mol. The molecule has 3 rings (SSSR count). The van der Waals surface area contributed by atoms with E-state index >= 15 is 0 Å². The molecule has 0 saturated heterocycles. The highest BCUT2D eigenvalue weighted by atomic mass is 32.2. The monoisotopic (exact) mass is 565 g/mol. The predicted molar refractivity (Wildman–Crippen MR) is 141 cm³/mol. The quantitative estimate of drug-likeness (QED) is 0.360. The van der Waals surface area contributed by atoms with Crippen molar-refractivity contribution >= 4 is 37.3 Å². The van der Waals surface area contributed by atoms with Gasteiger partial charge in [-0.3, -0.25) is 9.52 Å². The largest absolute Gasteiger partial charge is 0.497 e. The van der Waals surface area contributed by atoms with Crippen molar-refractivity contribution in [2.24, 2.45) is 0 Å². The van der Waals surface area contributed by atoms with Gasteiger partial charge in [-0.05, 0) is 60.7 Å². The number of nitrogens with one attached hydrogen (secondary N) is 2. The van der Waals surface area contributed by atoms with Gasteiger partial charge in [-0.15, -0.1) is 0 Å². The Kier molecular flexibility index (Phi) is 8.97. The first-order chi connectivity index (χ1) is 18.0. The number of carbonyl (C=O) groups is 1. The van der Waals surface area contributed by atoms with E-state index in [1.165, 1.54) is 42.8 Å². The molecule has 0 unspecified atom stereocenters. The second-order valence-electron chi connectivity index (χ2n) is 7.88. The van der Waals surface area contributed by atoms with Crippen LogP contribution in [0, 0.1) is 5.82 Å². The number of benzene rings is 3. The number of methoxy groups -OCH3 is 2. The van der Waals surface area contributed by atoms with Crippen molar-refractivity contribution in [3.8, 4) is 11.5 Å². The van der Waals surface area contributed by atoms with E-state index in [-0.39, 0.29) is 40.0 Å². The maximum Gasteiger partial charge on any atom is 0.265 e. The van der Waals surface area contributed by atoms with Gasteiger partial charge in [0.05, 0.1) is 24.7 Å². The summed E-state index contributed by atoms with van der Waals surface area (Å²) in [5, 5.41) is 2.43. The molecule has 0 heterocycles. The molecule has 0 aliphatic heterocycles. The molecule has 0 fully saturated rings. The SMILES string of the molecule is CCN(CC)S(=O)(=O)c1ccc(F)c(C(=O)Nc2ccc(OC)c(S(=O)(=O)Nc3ccc(OC)cc3)c2)c1. The maximum absolute atomic E-state index is 14.6. The second kappa shape index (κ2) is 11.8. The van der Waals surface area contributed by atoms with E-state index in [0.29, 0.717) is 5.75 Å². The molecule has 13 heteroatoms. The number of ether oxygens (including phenoxy) is 2. The molecule has 0 radical (unpaired) electrons. The third-order valence-corrected chi connectivity index (χ3v) is 9.03. The first-order valence-corrected chi connectivity index (χ1v) is 14.3. The van der Waals surface area contributed by atoms with E-state index in [0.717, 1.165) is 24.3 Å². The van der Waals surface area contributed by atoms with Gasteiger partial charge in [-0.2, -0.15) is 4.31 Å². The fraction of sp³-hybridized carbons (Fsp3) is 0.240. The van der Waals surface area contributed by atoms with Gasteiger partial charge in [0, 0.05) is 24.5 Å². The van der Waals surface area contributed by atoms with Crippen LogP contribution in [0.15, 0.2) is 70.5 Å². The molecule has 0 saturated carbocycles. The lowest BCUT2D eigenvalue weighted by Gasteiger charge is -2.19. The van der Waals surface area contributed by atoms with Crippen LogP contribution in [-0.2, 0) is 20.0 Å². The Morgan fingerprint density at radius 3 is 2.08 bits per heavy atom. The molecule has 0 spiro atoms. The van der Waals surface area contributed by atoms with Crippen LogP contribution in [-0.4, -0.2) is 54.4 Å². The zero-order chi connectivity index (χ0) is 28.1. The number of amides is 1. The van der Waals surface area contributed by atoms with Gasteiger partial charge in [0.2, 0.25) is 10.0 Å². The van der Waals surface area contributed by atoms with Crippen molar-refractivity contribution in [2.75, 3.05) is 37.3 Å². The van der Waals surface area contributed by atoms with Crippen molar-refractivity contribution < 1.29 is 35.5 Å². The second-order valence-corrected chi connectivity index (χ2v) is 11.5. The number of hydrogen-bond acceptors (Lipinski definition) is 7. The Labute approximate surface area is 221 Å². The molecule has 38 heavy (non-hydrogen) atoms. The van der Waals surface area contributed by atoms with E-state index in [9.17, 15) is 26.0 Å². The summed E-state index contributed by atoms with van der Waals surface area (Å²) in [5.41, 5.74) is -0.243. The number of nitrogens with zero attached hydrogens (tertiary/aromatic N) is 1. The summed E-state index contributed by atoms with van der Waals surface area (Å²) in [4.78, 5) is 12.4. The standard InChI is InChI=1S/C25H28FN3O7S2/c1-5-29(6-2)38(33,34)20-12-13-22(26)21(16-20)25(30)27-18-9-14-23(36-4)24(15-18)37(31,32)28-17-7-10-19(35-3)11-8-17/h7-16,28H,5-6H2,1-4H3,(H,27,30). The Hall–Kier alpha value is -3.68. The first kappa shape index (κ1) is 28.9. The van der Waals surface area contributed by atoms with E-state index in [2.05, 4.69) is 10.0 Å². The summed E-state index contributed by atoms with van der Waals surface area (Å²) in [6.07, 6.45) is 0. The van der Waals surface area contributed by atoms with Crippen LogP contribution in [0.25, 0.3) is 0 Å². The van der Waals surface area contributed by atoms with Gasteiger partial charge in [0.1, 0.15) is 22.2 Å². The maximum atomic E-state index is 14.6. The van der Waals surface area contributed by atoms with Crippen LogP contribution in [0.3, 0.4) is 0 Å². The third-order valence-electron chi connectivity index (χ3n) is 5.58. The number of sulfonamides is 2. The minimum atomic E-state index is -4.17. The normalized spacial score (nSPS) is 11.7. The van der Waals surface area contributed by atoms with Gasteiger partial charge in [-0.25, -0.2) is 21.2 Å². The van der Waals surface area contributed by atoms with Crippen LogP contribution in [0.2, 0.25) is 0 Å². The molecule has 3 aromatic carbocycles. The first-order valence-electron chi connectivity index (χ1n) is 11.4. The number of carbonyl (C=O) groups excluding carboxylic acids is 1. The number of hydrogen-bond donors (Lipinski definition) is 2. The summed E-state index contributed by atoms with van der Waals surface area (Å²) in [5.74, 6) is -1.36. The molecule has 0 atom stereocenters. The van der Waals surface area contributed by atoms with Crippen LogP contribution in [0.5, 0.6) is 11.5 Å². The highest BCUT2D eigenvalue weighted by Crippen LogP contribution is 2.30. The Balaban J connectivity index is 1.93. The summed E-state index contributed by atoms with van der Waals surface area (Å²) < 4.78 is 80.3. The topological polar surface area (TPSA) is 131 Å². The van der Waals surface area contributed by atoms with Gasteiger partial charge >= 0.3 is 0 Å². The lowest BCUT2D eigenvalue weighted by Crippen LogP contribution is -2.31. The molecule has 0 bridgehead atoms. The fourth-order valence-electron chi connectivity index (χ4n) is 3.58. The van der Waals surface area contributed by atoms with Gasteiger partial charge < -0.3 is 14.8 Å². The average Bonchev–Trinajstić information content (AvgIpc) is 2.89. The minimum absolute atomic E-state index is 0.00232. The van der Waals surface area contributed by atoms with Crippen molar-refractivity contribution in [1.29, 1.82) is 0 Å². The van der Waals surface area contributed by atoms with Gasteiger partial charge in [0.25, 0.3) is 15.9 Å². The highest BCUT2D eigenvalue weighted by Gasteiger charge is 2.25. The molecule has 2 N–H and O–H groups in total. The Bertz CT molecular complexity index is 1520. The van der Waals surface area contributed by atoms with Crippen LogP contribution in [0.4, 0.5) is 15.8 Å². The van der Waals surface area contributed by atoms with E-state index in [4.69, 9.17) is 9.47 Å². The van der Waals surface area contributed by atoms with Crippen LogP contribution in [0.1, 0.15) is 24.2 Å². The summed E-state index contributed by atoms with van der Waals surface area (Å²) in [7, 11) is -5.34. The molecular weight excluding hydrogens is 537 g/mol. The minimum Gasteiger partial charge on any atom is -0.497 e. The van der Waals surface area contributed by atoms with E-state index in [1.54, 1.807) is 26.0 Å². The van der Waals surface area contributed by atoms with Crippen molar-refractivity contribution in [3.63, 3.8) is 0 Å². The molecule has 204 valence electrons. The van der Waals surface area contributed by atoms with E-state index < -0.39 is 37.3 Å². The van der Waals surface area contributed by atoms with Crippen LogP contribution >= 0.6 is 0 Å². The molecule has 0 aliphatic carbocycles. The van der Waals surface area contributed by atoms with Crippen LogP contribution < -0.4 is 19.5 Å². The lowest BCUT2D eigenvalue weighted by molar-refractivity contribution is 0.102. The number of halogens is 1. The predicted octanol–water partition coefficient (Wildman–Crippen LogP) is 3.93. The molecule has 10 nitrogen and oxygen atoms in total. The molecular formula is C25H28FN3O7S2. The zero-order valence-corrected chi connectivity index (χ0v) is 22.8. The number of anilines is 2. The molecule has 1 amide bonds. The lowest BCUT2D eigenvalue weighted by atomic mass is 10.2. The number of rotatable bonds is 11. The van der Waals surface area contributed by atoms with Gasteiger partial charge in [0.15, 0.2) is 0 Å². The van der Waals surface area contributed by atoms with Crippen molar-refractivity contribution in [3.05, 3.63) is 72.0 Å². The Morgan fingerprint density at radius 2 is 1.50 bits per heavy atom. The highest BCUT2D eigenvalue weighted by molar-refractivity contribution is 7.92. The summed E-state index contributed by atoms with van der Waals surface area (Å²) >= 11 is 0. The summed E-state index contributed by atoms with van der Waals surface area (Å²) in [6.45, 7) is 3.73. The summed E-state index contributed by atoms with van der Waals surface area (Å²) in [6, 6.07) is 13.0. The Morgan fingerprint density at radius 1 is 0.868 bits per heavy atom. The van der Waals surface area contributed by atoms with Gasteiger partial charge in [-0.1, -0.05) is 13.8 Å². The smallest absolute Gasteiger partial charge is 0.265 e. The molecule has 0 aromatic heterocycles. The van der Waals surface area contributed by atoms with Crippen molar-refractivity contribution in [2.45, 2.75) is 23.6 Å². The fourth-order valence-corrected chi connectivity index (χ4v) is 6.32. The van der Waals surface area contributed by atoms with Crippen molar-refractivity contribution in [1.82, 2.24) is 4.31 Å². The molecule has 3 aromatic rings. The third kappa shape index (κ3) is 6.23. The van der Waals surface area contributed by atoms with E-state index in [1.807, 2.05) is 0 Å². The zero-order valence-electron chi connectivity index (χ0n) is 21.2.